The summed E-state index contributed by atoms with van der Waals surface area (Å²) in [6.45, 7) is 13.2. The minimum Gasteiger partial charge on any atom is -0.378 e. The van der Waals surface area contributed by atoms with Crippen LogP contribution in [-0.2, 0) is 33.2 Å². The Morgan fingerprint density at radius 3 is 1.29 bits per heavy atom. The van der Waals surface area contributed by atoms with Crippen molar-refractivity contribution in [3.05, 3.63) is 0 Å². The van der Waals surface area contributed by atoms with E-state index in [9.17, 15) is 4.79 Å². The summed E-state index contributed by atoms with van der Waals surface area (Å²) in [7, 11) is 0. The molecule has 3 N–H and O–H groups in total. The molecule has 0 aliphatic carbocycles. The molecule has 0 fully saturated rings. The number of ether oxygens (including phenoxy) is 6. The van der Waals surface area contributed by atoms with Gasteiger partial charge >= 0.3 is 0 Å². The van der Waals surface area contributed by atoms with Crippen molar-refractivity contribution in [2.75, 3.05) is 92.4 Å². The highest BCUT2D eigenvalue weighted by atomic mass is 16.6. The lowest BCUT2D eigenvalue weighted by Crippen LogP contribution is -2.26. The standard InChI is InChI=1S/C17H36N2O7.C2H6/c1-2-17(20)19-4-6-22-8-10-24-12-14-26-16-15-25-13-11-23-9-7-21-5-3-18;1-2/h2-16,18H2,1H3,(H,19,20);1-2H3. The summed E-state index contributed by atoms with van der Waals surface area (Å²) in [5.41, 5.74) is 5.29. The average molecular weight is 411 g/mol. The maximum Gasteiger partial charge on any atom is 0.219 e. The number of hydrogen-bond donors (Lipinski definition) is 2. The quantitative estimate of drug-likeness (QED) is 0.265. The Hall–Kier alpha value is -0.810. The van der Waals surface area contributed by atoms with Crippen molar-refractivity contribution in [2.24, 2.45) is 5.73 Å². The van der Waals surface area contributed by atoms with Gasteiger partial charge in [0.1, 0.15) is 0 Å². The lowest BCUT2D eigenvalue weighted by molar-refractivity contribution is -0.121. The first-order valence-corrected chi connectivity index (χ1v) is 10.2. The first kappa shape index (κ1) is 29.4. The van der Waals surface area contributed by atoms with Crippen LogP contribution in [0.2, 0.25) is 0 Å². The summed E-state index contributed by atoms with van der Waals surface area (Å²) >= 11 is 0. The van der Waals surface area contributed by atoms with Gasteiger partial charge in [0.25, 0.3) is 0 Å². The van der Waals surface area contributed by atoms with Crippen molar-refractivity contribution in [2.45, 2.75) is 27.2 Å². The molecule has 1 amide bonds. The van der Waals surface area contributed by atoms with Crippen LogP contribution >= 0.6 is 0 Å². The van der Waals surface area contributed by atoms with Crippen LogP contribution in [0.4, 0.5) is 0 Å². The SMILES string of the molecule is CC.CCC(=O)NCCOCCOCCOCCOCCOCCOCCN. The van der Waals surface area contributed by atoms with E-state index in [0.717, 1.165) is 0 Å². The van der Waals surface area contributed by atoms with Crippen molar-refractivity contribution in [1.29, 1.82) is 0 Å². The topological polar surface area (TPSA) is 111 Å². The highest BCUT2D eigenvalue weighted by Gasteiger charge is 1.96. The van der Waals surface area contributed by atoms with Gasteiger partial charge in [0.05, 0.1) is 79.3 Å². The van der Waals surface area contributed by atoms with E-state index in [4.69, 9.17) is 34.2 Å². The molecule has 170 valence electrons. The number of rotatable bonds is 21. The molecule has 0 bridgehead atoms. The predicted molar refractivity (Wildman–Crippen MR) is 109 cm³/mol. The average Bonchev–Trinajstić information content (AvgIpc) is 2.73. The Kier molecular flexibility index (Phi) is 29.8. The third-order valence-corrected chi connectivity index (χ3v) is 3.01. The van der Waals surface area contributed by atoms with E-state index in [0.29, 0.717) is 98.8 Å². The van der Waals surface area contributed by atoms with E-state index in [2.05, 4.69) is 5.32 Å². The number of nitrogens with two attached hydrogens (primary N) is 1. The third-order valence-electron chi connectivity index (χ3n) is 3.01. The van der Waals surface area contributed by atoms with Crippen molar-refractivity contribution >= 4 is 5.91 Å². The summed E-state index contributed by atoms with van der Waals surface area (Å²) < 4.78 is 31.9. The zero-order valence-corrected chi connectivity index (χ0v) is 18.0. The molecule has 0 aromatic rings. The van der Waals surface area contributed by atoms with E-state index < -0.39 is 0 Å². The minimum atomic E-state index is 0.0337. The second kappa shape index (κ2) is 28.4. The van der Waals surface area contributed by atoms with Gasteiger partial charge in [-0.1, -0.05) is 20.8 Å². The largest absolute Gasteiger partial charge is 0.378 e. The fourth-order valence-electron chi connectivity index (χ4n) is 1.67. The lowest BCUT2D eigenvalue weighted by atomic mass is 10.4. The van der Waals surface area contributed by atoms with E-state index >= 15 is 0 Å². The summed E-state index contributed by atoms with van der Waals surface area (Å²) in [5.74, 6) is 0.0337. The van der Waals surface area contributed by atoms with Gasteiger partial charge in [0, 0.05) is 19.5 Å². The second-order valence-corrected chi connectivity index (χ2v) is 5.17. The van der Waals surface area contributed by atoms with Crippen LogP contribution in [0.5, 0.6) is 0 Å². The van der Waals surface area contributed by atoms with Crippen molar-refractivity contribution < 1.29 is 33.2 Å². The molecular formula is C19H42N2O7. The minimum absolute atomic E-state index is 0.0337. The van der Waals surface area contributed by atoms with Crippen LogP contribution < -0.4 is 11.1 Å². The normalized spacial score (nSPS) is 10.4. The Morgan fingerprint density at radius 2 is 0.964 bits per heavy atom. The molecule has 0 spiro atoms. The summed E-state index contributed by atoms with van der Waals surface area (Å²) in [5, 5.41) is 2.74. The van der Waals surface area contributed by atoms with Gasteiger partial charge in [0.2, 0.25) is 5.91 Å². The molecule has 0 saturated carbocycles. The number of amides is 1. The summed E-state index contributed by atoms with van der Waals surface area (Å²) in [6.07, 6.45) is 0.493. The predicted octanol–water partition coefficient (Wildman–Crippen LogP) is 0.597. The Morgan fingerprint density at radius 1 is 0.643 bits per heavy atom. The van der Waals surface area contributed by atoms with E-state index in [1.165, 1.54) is 0 Å². The Balaban J connectivity index is 0. The zero-order valence-electron chi connectivity index (χ0n) is 18.0. The van der Waals surface area contributed by atoms with Gasteiger partial charge in [-0.25, -0.2) is 0 Å². The highest BCUT2D eigenvalue weighted by molar-refractivity contribution is 5.75. The molecule has 0 aliphatic heterocycles. The van der Waals surface area contributed by atoms with Crippen LogP contribution in [0.1, 0.15) is 27.2 Å². The Bertz CT molecular complexity index is 297. The third kappa shape index (κ3) is 27.4. The van der Waals surface area contributed by atoms with E-state index in [1.807, 2.05) is 20.8 Å². The number of hydrogen-bond acceptors (Lipinski definition) is 8. The highest BCUT2D eigenvalue weighted by Crippen LogP contribution is 1.84. The smallest absolute Gasteiger partial charge is 0.219 e. The molecule has 0 aromatic heterocycles. The van der Waals surface area contributed by atoms with E-state index in [1.54, 1.807) is 0 Å². The molecule has 0 aromatic carbocycles. The molecule has 0 saturated heterocycles. The first-order valence-electron chi connectivity index (χ1n) is 10.2. The molecular weight excluding hydrogens is 368 g/mol. The molecule has 0 atom stereocenters. The van der Waals surface area contributed by atoms with Crippen LogP contribution in [0, 0.1) is 0 Å². The van der Waals surface area contributed by atoms with Crippen LogP contribution in [0.25, 0.3) is 0 Å². The lowest BCUT2D eigenvalue weighted by Gasteiger charge is -2.08. The molecule has 28 heavy (non-hydrogen) atoms. The molecule has 9 heteroatoms. The molecule has 0 unspecified atom stereocenters. The van der Waals surface area contributed by atoms with E-state index in [-0.39, 0.29) is 5.91 Å². The van der Waals surface area contributed by atoms with Crippen molar-refractivity contribution in [1.82, 2.24) is 5.32 Å². The molecule has 0 radical (unpaired) electrons. The summed E-state index contributed by atoms with van der Waals surface area (Å²) in [6, 6.07) is 0. The maximum absolute atomic E-state index is 11.0. The van der Waals surface area contributed by atoms with Crippen LogP contribution in [0.15, 0.2) is 0 Å². The van der Waals surface area contributed by atoms with Crippen molar-refractivity contribution in [3.63, 3.8) is 0 Å². The molecule has 0 rings (SSSR count). The van der Waals surface area contributed by atoms with Gasteiger partial charge in [0.15, 0.2) is 0 Å². The number of carbonyl (C=O) groups is 1. The Labute approximate surface area is 170 Å². The van der Waals surface area contributed by atoms with Gasteiger partial charge in [-0.3, -0.25) is 4.79 Å². The fraction of sp³-hybridized carbons (Fsp3) is 0.947. The van der Waals surface area contributed by atoms with Gasteiger partial charge in [-0.05, 0) is 0 Å². The number of nitrogens with one attached hydrogen (secondary N) is 1. The van der Waals surface area contributed by atoms with Crippen LogP contribution in [0.3, 0.4) is 0 Å². The van der Waals surface area contributed by atoms with Gasteiger partial charge in [-0.15, -0.1) is 0 Å². The fourth-order valence-corrected chi connectivity index (χ4v) is 1.67. The summed E-state index contributed by atoms with van der Waals surface area (Å²) in [4.78, 5) is 11.0. The van der Waals surface area contributed by atoms with Crippen molar-refractivity contribution in [3.8, 4) is 0 Å². The maximum atomic E-state index is 11.0. The first-order chi connectivity index (χ1) is 13.8. The second-order valence-electron chi connectivity index (χ2n) is 5.17. The zero-order chi connectivity index (χ0) is 21.1. The molecule has 0 heterocycles. The van der Waals surface area contributed by atoms with Gasteiger partial charge < -0.3 is 39.5 Å². The molecule has 0 aliphatic rings. The van der Waals surface area contributed by atoms with Gasteiger partial charge in [-0.2, -0.15) is 0 Å². The molecule has 9 nitrogen and oxygen atoms in total. The van der Waals surface area contributed by atoms with Crippen LogP contribution in [-0.4, -0.2) is 98.3 Å². The number of carbonyl (C=O) groups excluding carboxylic acids is 1. The monoisotopic (exact) mass is 410 g/mol.